The van der Waals surface area contributed by atoms with Crippen LogP contribution in [0.1, 0.15) is 31.7 Å². The number of ether oxygens (including phenoxy) is 2. The molecule has 1 aromatic rings. The van der Waals surface area contributed by atoms with Gasteiger partial charge in [0.25, 0.3) is 0 Å². The number of benzene rings is 1. The first-order chi connectivity index (χ1) is 13.6. The number of halogens is 1. The van der Waals surface area contributed by atoms with Crippen LogP contribution in [0.5, 0.6) is 5.75 Å². The summed E-state index contributed by atoms with van der Waals surface area (Å²) in [6.45, 7) is 5.29. The molecule has 2 N–H and O–H groups in total. The van der Waals surface area contributed by atoms with E-state index in [4.69, 9.17) is 9.47 Å². The molecule has 0 unspecified atom stereocenters. The van der Waals surface area contributed by atoms with Crippen molar-refractivity contribution in [2.45, 2.75) is 32.6 Å². The van der Waals surface area contributed by atoms with E-state index in [2.05, 4.69) is 22.5 Å². The van der Waals surface area contributed by atoms with E-state index in [1.807, 2.05) is 24.3 Å². The Bertz CT molecular complexity index is 580. The molecule has 1 aromatic carbocycles. The Kier molecular flexibility index (Phi) is 16.4. The number of aliphatic imine (C=N–C) groups is 1. The molecular formula is C21H37IN4O3. The topological polar surface area (TPSA) is 75.2 Å². The van der Waals surface area contributed by atoms with Crippen LogP contribution in [0.3, 0.4) is 0 Å². The van der Waals surface area contributed by atoms with Gasteiger partial charge in [0.2, 0.25) is 5.91 Å². The second-order valence-electron chi connectivity index (χ2n) is 6.72. The number of hydrogen-bond acceptors (Lipinski definition) is 4. The lowest BCUT2D eigenvalue weighted by Gasteiger charge is -2.14. The highest BCUT2D eigenvalue weighted by Crippen LogP contribution is 2.11. The van der Waals surface area contributed by atoms with E-state index >= 15 is 0 Å². The number of guanidine groups is 1. The molecule has 166 valence electrons. The molecule has 0 saturated heterocycles. The van der Waals surface area contributed by atoms with Gasteiger partial charge < -0.3 is 25.0 Å². The number of amides is 1. The van der Waals surface area contributed by atoms with Gasteiger partial charge in [0.1, 0.15) is 12.3 Å². The third-order valence-electron chi connectivity index (χ3n) is 4.14. The van der Waals surface area contributed by atoms with Crippen molar-refractivity contribution in [2.24, 2.45) is 4.99 Å². The summed E-state index contributed by atoms with van der Waals surface area (Å²) in [5.74, 6) is 1.47. The predicted octanol–water partition coefficient (Wildman–Crippen LogP) is 2.69. The summed E-state index contributed by atoms with van der Waals surface area (Å²) < 4.78 is 10.8. The maximum atomic E-state index is 11.8. The number of methoxy groups -OCH3 is 1. The van der Waals surface area contributed by atoms with Gasteiger partial charge >= 0.3 is 0 Å². The number of unbranched alkanes of at least 4 members (excludes halogenated alkanes) is 1. The van der Waals surface area contributed by atoms with E-state index in [1.54, 1.807) is 26.1 Å². The summed E-state index contributed by atoms with van der Waals surface area (Å²) in [5, 5.41) is 6.58. The molecule has 0 aliphatic rings. The van der Waals surface area contributed by atoms with Crippen LogP contribution < -0.4 is 15.4 Å². The Labute approximate surface area is 192 Å². The number of carbonyl (C=O) groups excluding carboxylic acids is 1. The molecule has 0 spiro atoms. The average Bonchev–Trinajstić information content (AvgIpc) is 2.70. The summed E-state index contributed by atoms with van der Waals surface area (Å²) in [6, 6.07) is 8.01. The fourth-order valence-electron chi connectivity index (χ4n) is 2.31. The third-order valence-corrected chi connectivity index (χ3v) is 4.14. The van der Waals surface area contributed by atoms with Crippen molar-refractivity contribution < 1.29 is 14.3 Å². The van der Waals surface area contributed by atoms with Crippen LogP contribution in [0.4, 0.5) is 0 Å². The van der Waals surface area contributed by atoms with Crippen LogP contribution >= 0.6 is 24.0 Å². The molecule has 0 aliphatic heterocycles. The van der Waals surface area contributed by atoms with Crippen molar-refractivity contribution >= 4 is 35.8 Å². The van der Waals surface area contributed by atoms with Gasteiger partial charge in [-0.25, -0.2) is 4.99 Å². The molecule has 0 saturated carbocycles. The Morgan fingerprint density at radius 2 is 1.72 bits per heavy atom. The lowest BCUT2D eigenvalue weighted by molar-refractivity contribution is -0.127. The number of rotatable bonds is 13. The summed E-state index contributed by atoms with van der Waals surface area (Å²) in [7, 11) is 5.13. The summed E-state index contributed by atoms with van der Waals surface area (Å²) in [4.78, 5) is 17.7. The van der Waals surface area contributed by atoms with Crippen molar-refractivity contribution in [3.05, 3.63) is 29.8 Å². The molecule has 0 fully saturated rings. The molecule has 0 aliphatic carbocycles. The first kappa shape index (κ1) is 27.5. The van der Waals surface area contributed by atoms with Gasteiger partial charge in [0.05, 0.1) is 7.11 Å². The minimum atomic E-state index is -0.0286. The fraction of sp³-hybridized carbons (Fsp3) is 0.619. The minimum absolute atomic E-state index is 0. The van der Waals surface area contributed by atoms with E-state index < -0.39 is 0 Å². The number of nitrogens with one attached hydrogen (secondary N) is 2. The second-order valence-corrected chi connectivity index (χ2v) is 6.72. The summed E-state index contributed by atoms with van der Waals surface area (Å²) >= 11 is 0. The molecule has 0 heterocycles. The SMILES string of the molecule is CCCCOCCCNC(=NCC(=O)N(C)C)NCCc1ccc(OC)cc1.I. The minimum Gasteiger partial charge on any atom is -0.497 e. The second kappa shape index (κ2) is 17.3. The van der Waals surface area contributed by atoms with Gasteiger partial charge in [-0.15, -0.1) is 24.0 Å². The predicted molar refractivity (Wildman–Crippen MR) is 129 cm³/mol. The van der Waals surface area contributed by atoms with Crippen molar-refractivity contribution in [3.63, 3.8) is 0 Å². The van der Waals surface area contributed by atoms with Crippen LogP contribution in [0.2, 0.25) is 0 Å². The van der Waals surface area contributed by atoms with Gasteiger partial charge in [-0.05, 0) is 37.0 Å². The first-order valence-electron chi connectivity index (χ1n) is 9.99. The molecule has 0 atom stereocenters. The fourth-order valence-corrected chi connectivity index (χ4v) is 2.31. The van der Waals surface area contributed by atoms with Crippen molar-refractivity contribution in [3.8, 4) is 5.75 Å². The van der Waals surface area contributed by atoms with E-state index in [-0.39, 0.29) is 36.4 Å². The molecule has 0 aromatic heterocycles. The zero-order valence-electron chi connectivity index (χ0n) is 18.2. The molecule has 0 radical (unpaired) electrons. The molecular weight excluding hydrogens is 483 g/mol. The van der Waals surface area contributed by atoms with Crippen LogP contribution in [0, 0.1) is 0 Å². The first-order valence-corrected chi connectivity index (χ1v) is 9.99. The monoisotopic (exact) mass is 520 g/mol. The highest BCUT2D eigenvalue weighted by Gasteiger charge is 2.04. The normalized spacial score (nSPS) is 10.8. The molecule has 1 rings (SSSR count). The maximum absolute atomic E-state index is 11.8. The van der Waals surface area contributed by atoms with E-state index in [1.165, 1.54) is 5.56 Å². The molecule has 29 heavy (non-hydrogen) atoms. The van der Waals surface area contributed by atoms with Gasteiger partial charge in [0.15, 0.2) is 5.96 Å². The lowest BCUT2D eigenvalue weighted by atomic mass is 10.1. The molecule has 1 amide bonds. The number of nitrogens with zero attached hydrogens (tertiary/aromatic N) is 2. The van der Waals surface area contributed by atoms with E-state index in [0.717, 1.165) is 57.7 Å². The average molecular weight is 520 g/mol. The van der Waals surface area contributed by atoms with Crippen LogP contribution in [-0.2, 0) is 16.0 Å². The Hall–Kier alpha value is -1.55. The van der Waals surface area contributed by atoms with Crippen LogP contribution in [-0.4, -0.2) is 70.8 Å². The standard InChI is InChI=1S/C21H36N4O3.HI/c1-5-6-15-28-16-7-13-22-21(24-17-20(26)25(2)3)23-14-12-18-8-10-19(27-4)11-9-18;/h8-11H,5-7,12-17H2,1-4H3,(H2,22,23,24);1H. The highest BCUT2D eigenvalue weighted by molar-refractivity contribution is 14.0. The maximum Gasteiger partial charge on any atom is 0.243 e. The van der Waals surface area contributed by atoms with Gasteiger partial charge in [-0.1, -0.05) is 25.5 Å². The van der Waals surface area contributed by atoms with Gasteiger partial charge in [-0.3, -0.25) is 4.79 Å². The smallest absolute Gasteiger partial charge is 0.243 e. The van der Waals surface area contributed by atoms with Crippen molar-refractivity contribution in [1.29, 1.82) is 0 Å². The quantitative estimate of drug-likeness (QED) is 0.181. The lowest BCUT2D eigenvalue weighted by Crippen LogP contribution is -2.40. The van der Waals surface area contributed by atoms with Crippen LogP contribution in [0.15, 0.2) is 29.3 Å². The van der Waals surface area contributed by atoms with Crippen molar-refractivity contribution in [2.75, 3.05) is 54.1 Å². The molecule has 8 heteroatoms. The van der Waals surface area contributed by atoms with Crippen molar-refractivity contribution in [1.82, 2.24) is 15.5 Å². The van der Waals surface area contributed by atoms with Gasteiger partial charge in [0, 0.05) is 40.4 Å². The number of hydrogen-bond donors (Lipinski definition) is 2. The Morgan fingerprint density at radius 1 is 1.07 bits per heavy atom. The highest BCUT2D eigenvalue weighted by atomic mass is 127. The number of carbonyl (C=O) groups is 1. The molecule has 0 bridgehead atoms. The zero-order chi connectivity index (χ0) is 20.6. The summed E-state index contributed by atoms with van der Waals surface area (Å²) in [5.41, 5.74) is 1.21. The van der Waals surface area contributed by atoms with E-state index in [9.17, 15) is 4.79 Å². The third kappa shape index (κ3) is 13.3. The van der Waals surface area contributed by atoms with Crippen LogP contribution in [0.25, 0.3) is 0 Å². The zero-order valence-corrected chi connectivity index (χ0v) is 20.5. The number of likely N-dealkylation sites (N-methyl/N-ethyl adjacent to an activating group) is 1. The van der Waals surface area contributed by atoms with E-state index in [0.29, 0.717) is 5.96 Å². The Balaban J connectivity index is 0.00000784. The van der Waals surface area contributed by atoms with Gasteiger partial charge in [-0.2, -0.15) is 0 Å². The summed E-state index contributed by atoms with van der Waals surface area (Å²) in [6.07, 6.45) is 3.99. The Morgan fingerprint density at radius 3 is 2.34 bits per heavy atom. The largest absolute Gasteiger partial charge is 0.497 e. The molecule has 7 nitrogen and oxygen atoms in total.